The molecule has 0 amide bonds. The predicted octanol–water partition coefficient (Wildman–Crippen LogP) is 3.41. The predicted molar refractivity (Wildman–Crippen MR) is 98.5 cm³/mol. The average molecular weight is 341 g/mol. The van der Waals surface area contributed by atoms with Crippen LogP contribution >= 0.6 is 11.8 Å². The van der Waals surface area contributed by atoms with Gasteiger partial charge in [-0.05, 0) is 37.3 Å². The molecule has 0 aliphatic heterocycles. The zero-order valence-electron chi connectivity index (χ0n) is 14.0. The number of hydrogen-bond acceptors (Lipinski definition) is 3. The van der Waals surface area contributed by atoms with E-state index in [4.69, 9.17) is 0 Å². The number of aryl methyl sites for hydroxylation is 2. The number of para-hydroxylation sites is 1. The Labute approximate surface area is 146 Å². The van der Waals surface area contributed by atoms with E-state index in [1.54, 1.807) is 18.0 Å². The summed E-state index contributed by atoms with van der Waals surface area (Å²) < 4.78 is 4.35. The van der Waals surface area contributed by atoms with Crippen LogP contribution in [0.4, 0.5) is 0 Å². The molecule has 0 radical (unpaired) electrons. The lowest BCUT2D eigenvalue weighted by atomic mass is 9.95. The first kappa shape index (κ1) is 15.8. The first-order valence-corrected chi connectivity index (χ1v) is 9.60. The van der Waals surface area contributed by atoms with Gasteiger partial charge in [0, 0.05) is 48.3 Å². The van der Waals surface area contributed by atoms with E-state index in [0.717, 1.165) is 11.6 Å². The van der Waals surface area contributed by atoms with Crippen molar-refractivity contribution in [1.29, 1.82) is 0 Å². The second kappa shape index (κ2) is 6.65. The molecule has 1 N–H and O–H groups in total. The highest BCUT2D eigenvalue weighted by Crippen LogP contribution is 2.32. The summed E-state index contributed by atoms with van der Waals surface area (Å²) in [6, 6.07) is 8.63. The van der Waals surface area contributed by atoms with Gasteiger partial charge in [0.25, 0.3) is 0 Å². The lowest BCUT2D eigenvalue weighted by Gasteiger charge is -2.18. The summed E-state index contributed by atoms with van der Waals surface area (Å²) in [5.41, 5.74) is 4.20. The normalized spacial score (nSPS) is 15.6. The van der Waals surface area contributed by atoms with Crippen molar-refractivity contribution in [2.45, 2.75) is 43.5 Å². The van der Waals surface area contributed by atoms with E-state index >= 15 is 0 Å². The van der Waals surface area contributed by atoms with Gasteiger partial charge in [-0.2, -0.15) is 0 Å². The molecule has 1 atom stereocenters. The van der Waals surface area contributed by atoms with Crippen LogP contribution in [0.2, 0.25) is 0 Å². The van der Waals surface area contributed by atoms with Gasteiger partial charge in [-0.15, -0.1) is 0 Å². The number of benzene rings is 1. The Kier molecular flexibility index (Phi) is 4.37. The van der Waals surface area contributed by atoms with Crippen LogP contribution in [0.1, 0.15) is 24.1 Å². The molecule has 0 spiro atoms. The van der Waals surface area contributed by atoms with Gasteiger partial charge in [0.1, 0.15) is 0 Å². The van der Waals surface area contributed by atoms with Crippen LogP contribution < -0.4 is 0 Å². The van der Waals surface area contributed by atoms with Gasteiger partial charge < -0.3 is 14.2 Å². The summed E-state index contributed by atoms with van der Waals surface area (Å²) in [4.78, 5) is 4.31. The van der Waals surface area contributed by atoms with E-state index in [9.17, 15) is 5.11 Å². The van der Waals surface area contributed by atoms with E-state index in [2.05, 4.69) is 33.8 Å². The number of imidazole rings is 1. The summed E-state index contributed by atoms with van der Waals surface area (Å²) in [6.45, 7) is 0.660. The lowest BCUT2D eigenvalue weighted by molar-refractivity contribution is 0.178. The Hall–Kier alpha value is -1.72. The number of rotatable bonds is 5. The fraction of sp³-hybridized carbons (Fsp3) is 0.421. The second-order valence-electron chi connectivity index (χ2n) is 6.55. The molecule has 0 fully saturated rings. The molecule has 3 aromatic rings. The topological polar surface area (TPSA) is 43.0 Å². The smallest absolute Gasteiger partial charge is 0.167 e. The maximum absolute atomic E-state index is 10.6. The van der Waals surface area contributed by atoms with E-state index in [-0.39, 0.29) is 6.10 Å². The Bertz CT molecular complexity index is 852. The molecular weight excluding hydrogens is 318 g/mol. The third-order valence-electron chi connectivity index (χ3n) is 4.86. The molecule has 0 saturated carbocycles. The summed E-state index contributed by atoms with van der Waals surface area (Å²) in [7, 11) is 1.98. The van der Waals surface area contributed by atoms with Gasteiger partial charge in [0.2, 0.25) is 0 Å². The van der Waals surface area contributed by atoms with Crippen molar-refractivity contribution in [3.05, 3.63) is 47.9 Å². The monoisotopic (exact) mass is 341 g/mol. The van der Waals surface area contributed by atoms with Crippen LogP contribution in [0, 0.1) is 0 Å². The van der Waals surface area contributed by atoms with Gasteiger partial charge in [-0.1, -0.05) is 30.0 Å². The highest BCUT2D eigenvalue weighted by atomic mass is 32.2. The number of nitrogens with zero attached hydrogens (tertiary/aromatic N) is 3. The fourth-order valence-electron chi connectivity index (χ4n) is 3.72. The molecule has 1 aliphatic rings. The third kappa shape index (κ3) is 2.87. The molecular formula is C19H23N3OS. The molecule has 0 bridgehead atoms. The summed E-state index contributed by atoms with van der Waals surface area (Å²) in [6.07, 6.45) is 8.17. The maximum atomic E-state index is 10.6. The van der Waals surface area contributed by atoms with Crippen LogP contribution in [0.5, 0.6) is 0 Å². The van der Waals surface area contributed by atoms with Crippen molar-refractivity contribution >= 4 is 22.7 Å². The molecule has 1 aliphatic carbocycles. The first-order chi connectivity index (χ1) is 11.7. The minimum absolute atomic E-state index is 0.381. The van der Waals surface area contributed by atoms with Crippen molar-refractivity contribution in [3.63, 3.8) is 0 Å². The number of aliphatic hydroxyl groups excluding tert-OH is 1. The van der Waals surface area contributed by atoms with Crippen molar-refractivity contribution < 1.29 is 5.11 Å². The van der Waals surface area contributed by atoms with Crippen molar-refractivity contribution in [3.8, 4) is 0 Å². The molecule has 5 heteroatoms. The molecule has 0 saturated heterocycles. The molecule has 4 nitrogen and oxygen atoms in total. The van der Waals surface area contributed by atoms with Gasteiger partial charge in [0.05, 0.1) is 6.10 Å². The molecule has 1 aromatic carbocycles. The summed E-state index contributed by atoms with van der Waals surface area (Å²) in [5.74, 6) is 0.659. The maximum Gasteiger partial charge on any atom is 0.167 e. The molecule has 24 heavy (non-hydrogen) atoms. The van der Waals surface area contributed by atoms with Crippen molar-refractivity contribution in [2.24, 2.45) is 7.05 Å². The number of thioether (sulfide) groups is 1. The quantitative estimate of drug-likeness (QED) is 0.723. The first-order valence-electron chi connectivity index (χ1n) is 8.61. The zero-order chi connectivity index (χ0) is 16.5. The second-order valence-corrected chi connectivity index (χ2v) is 7.53. The highest BCUT2D eigenvalue weighted by molar-refractivity contribution is 7.99. The Morgan fingerprint density at radius 1 is 1.25 bits per heavy atom. The third-order valence-corrected chi connectivity index (χ3v) is 6.06. The lowest BCUT2D eigenvalue weighted by Crippen LogP contribution is -2.21. The van der Waals surface area contributed by atoms with E-state index in [1.165, 1.54) is 41.4 Å². The molecule has 4 rings (SSSR count). The van der Waals surface area contributed by atoms with Crippen LogP contribution in [-0.4, -0.2) is 31.1 Å². The Morgan fingerprint density at radius 3 is 2.92 bits per heavy atom. The molecule has 2 heterocycles. The highest BCUT2D eigenvalue weighted by Gasteiger charge is 2.21. The van der Waals surface area contributed by atoms with Gasteiger partial charge >= 0.3 is 0 Å². The van der Waals surface area contributed by atoms with Crippen molar-refractivity contribution in [2.75, 3.05) is 5.75 Å². The van der Waals surface area contributed by atoms with Crippen LogP contribution in [0.15, 0.2) is 41.8 Å². The fourth-order valence-corrected chi connectivity index (χ4v) is 4.57. The SMILES string of the molecule is Cn1ccnc1SC[C@H](O)Cn1c2c(c3ccccc31)CCCC2. The van der Waals surface area contributed by atoms with Crippen LogP contribution in [0.25, 0.3) is 10.9 Å². The van der Waals surface area contributed by atoms with Gasteiger partial charge in [0.15, 0.2) is 5.16 Å². The molecule has 0 unspecified atom stereocenters. The largest absolute Gasteiger partial charge is 0.390 e. The minimum Gasteiger partial charge on any atom is -0.390 e. The Morgan fingerprint density at radius 2 is 2.08 bits per heavy atom. The van der Waals surface area contributed by atoms with E-state index < -0.39 is 0 Å². The molecule has 2 aromatic heterocycles. The van der Waals surface area contributed by atoms with Crippen molar-refractivity contribution in [1.82, 2.24) is 14.1 Å². The zero-order valence-corrected chi connectivity index (χ0v) is 14.8. The van der Waals surface area contributed by atoms with Crippen LogP contribution in [-0.2, 0) is 26.4 Å². The van der Waals surface area contributed by atoms with E-state index in [1.807, 2.05) is 17.8 Å². The number of hydrogen-bond donors (Lipinski definition) is 1. The molecule has 126 valence electrons. The average Bonchev–Trinajstić information content (AvgIpc) is 3.16. The number of aliphatic hydroxyl groups is 1. The summed E-state index contributed by atoms with van der Waals surface area (Å²) in [5, 5.41) is 12.9. The number of aromatic nitrogens is 3. The Balaban J connectivity index is 1.56. The van der Waals surface area contributed by atoms with Gasteiger partial charge in [-0.3, -0.25) is 0 Å². The minimum atomic E-state index is -0.381. The number of fused-ring (bicyclic) bond motifs is 3. The van der Waals surface area contributed by atoms with Gasteiger partial charge in [-0.25, -0.2) is 4.98 Å². The van der Waals surface area contributed by atoms with E-state index in [0.29, 0.717) is 12.3 Å². The standard InChI is InChI=1S/C19H23N3OS/c1-21-11-10-20-19(21)24-13-14(23)12-22-17-8-4-2-6-15(17)16-7-3-5-9-18(16)22/h2,4,6,8,10-11,14,23H,3,5,7,9,12-13H2,1H3/t14-/m1/s1. The van der Waals surface area contributed by atoms with Crippen LogP contribution in [0.3, 0.4) is 0 Å². The summed E-state index contributed by atoms with van der Waals surface area (Å²) >= 11 is 1.61.